The number of H-pyrrole nitrogens is 1. The van der Waals surface area contributed by atoms with Crippen LogP contribution in [0.2, 0.25) is 10.0 Å². The van der Waals surface area contributed by atoms with E-state index in [2.05, 4.69) is 20.5 Å². The minimum Gasteiger partial charge on any atom is -0.353 e. The maximum atomic E-state index is 11.9. The molecular weight excluding hydrogens is 311 g/mol. The summed E-state index contributed by atoms with van der Waals surface area (Å²) in [5, 5.41) is 10.6. The average molecular weight is 327 g/mol. The molecule has 2 N–H and O–H groups in total. The molecule has 21 heavy (non-hydrogen) atoms. The highest BCUT2D eigenvalue weighted by molar-refractivity contribution is 6.36. The second-order valence-corrected chi connectivity index (χ2v) is 5.62. The summed E-state index contributed by atoms with van der Waals surface area (Å²) in [6.07, 6.45) is 2.91. The fourth-order valence-electron chi connectivity index (χ4n) is 2.01. The van der Waals surface area contributed by atoms with Crippen molar-refractivity contribution in [2.75, 3.05) is 0 Å². The van der Waals surface area contributed by atoms with E-state index in [0.29, 0.717) is 35.1 Å². The van der Waals surface area contributed by atoms with E-state index < -0.39 is 0 Å². The first-order valence-electron chi connectivity index (χ1n) is 6.62. The van der Waals surface area contributed by atoms with E-state index in [1.54, 1.807) is 18.2 Å². The van der Waals surface area contributed by atoms with Crippen molar-refractivity contribution in [3.05, 3.63) is 46.0 Å². The highest BCUT2D eigenvalue weighted by Crippen LogP contribution is 2.25. The number of nitrogens with zero attached hydrogens (tertiary/aromatic N) is 2. The molecule has 1 atom stereocenters. The van der Waals surface area contributed by atoms with Crippen molar-refractivity contribution in [3.63, 3.8) is 0 Å². The summed E-state index contributed by atoms with van der Waals surface area (Å²) in [6, 6.07) is 5.33. The van der Waals surface area contributed by atoms with Crippen molar-refractivity contribution in [1.82, 2.24) is 20.5 Å². The number of nitrogens with one attached hydrogen (secondary N) is 2. The Morgan fingerprint density at radius 1 is 1.38 bits per heavy atom. The average Bonchev–Trinajstić information content (AvgIpc) is 2.94. The van der Waals surface area contributed by atoms with Crippen LogP contribution in [-0.2, 0) is 17.6 Å². The second-order valence-electron chi connectivity index (χ2n) is 4.81. The molecular formula is C14H16Cl2N4O. The SMILES string of the molecule is C[C@@H](Cc1c(Cl)cccc1Cl)NC(=O)CCc1ncn[nH]1. The normalized spacial score (nSPS) is 12.1. The summed E-state index contributed by atoms with van der Waals surface area (Å²) in [7, 11) is 0. The van der Waals surface area contributed by atoms with Crippen LogP contribution in [0.3, 0.4) is 0 Å². The molecule has 1 aromatic heterocycles. The lowest BCUT2D eigenvalue weighted by Gasteiger charge is -2.15. The van der Waals surface area contributed by atoms with Crippen LogP contribution in [0.25, 0.3) is 0 Å². The van der Waals surface area contributed by atoms with Gasteiger partial charge >= 0.3 is 0 Å². The molecule has 0 aliphatic carbocycles. The third kappa shape index (κ3) is 4.72. The Labute approximate surface area is 133 Å². The van der Waals surface area contributed by atoms with Gasteiger partial charge in [-0.1, -0.05) is 29.3 Å². The van der Waals surface area contributed by atoms with Crippen molar-refractivity contribution in [3.8, 4) is 0 Å². The molecule has 0 saturated carbocycles. The van der Waals surface area contributed by atoms with Gasteiger partial charge in [-0.2, -0.15) is 5.10 Å². The Morgan fingerprint density at radius 3 is 2.71 bits per heavy atom. The summed E-state index contributed by atoms with van der Waals surface area (Å²) in [6.45, 7) is 1.92. The van der Waals surface area contributed by atoms with E-state index >= 15 is 0 Å². The van der Waals surface area contributed by atoms with Gasteiger partial charge in [0.2, 0.25) is 5.91 Å². The van der Waals surface area contributed by atoms with Crippen LogP contribution in [-0.4, -0.2) is 27.1 Å². The van der Waals surface area contributed by atoms with Gasteiger partial charge in [0.1, 0.15) is 12.2 Å². The lowest BCUT2D eigenvalue weighted by molar-refractivity contribution is -0.121. The third-order valence-electron chi connectivity index (χ3n) is 3.03. The maximum Gasteiger partial charge on any atom is 0.220 e. The first-order valence-corrected chi connectivity index (χ1v) is 7.38. The van der Waals surface area contributed by atoms with Gasteiger partial charge in [0.15, 0.2) is 0 Å². The largest absolute Gasteiger partial charge is 0.353 e. The van der Waals surface area contributed by atoms with Crippen LogP contribution >= 0.6 is 23.2 Å². The van der Waals surface area contributed by atoms with Crippen LogP contribution in [0.1, 0.15) is 24.7 Å². The molecule has 0 aliphatic rings. The number of aryl methyl sites for hydroxylation is 1. The van der Waals surface area contributed by atoms with Crippen LogP contribution in [0, 0.1) is 0 Å². The molecule has 1 heterocycles. The molecule has 0 radical (unpaired) electrons. The van der Waals surface area contributed by atoms with Gasteiger partial charge in [-0.15, -0.1) is 0 Å². The number of benzene rings is 1. The molecule has 1 amide bonds. The maximum absolute atomic E-state index is 11.9. The van der Waals surface area contributed by atoms with Crippen molar-refractivity contribution in [2.24, 2.45) is 0 Å². The van der Waals surface area contributed by atoms with Gasteiger partial charge in [-0.25, -0.2) is 4.98 Å². The van der Waals surface area contributed by atoms with Crippen molar-refractivity contribution >= 4 is 29.1 Å². The predicted molar refractivity (Wildman–Crippen MR) is 82.5 cm³/mol. The Kier molecular flexibility index (Phi) is 5.59. The number of carbonyl (C=O) groups is 1. The number of rotatable bonds is 6. The number of carbonyl (C=O) groups excluding carboxylic acids is 1. The van der Waals surface area contributed by atoms with Gasteiger partial charge in [-0.3, -0.25) is 9.89 Å². The molecule has 2 aromatic rings. The highest BCUT2D eigenvalue weighted by Gasteiger charge is 2.13. The van der Waals surface area contributed by atoms with Gasteiger partial charge < -0.3 is 5.32 Å². The fraction of sp³-hybridized carbons (Fsp3) is 0.357. The first-order chi connectivity index (χ1) is 10.1. The number of halogens is 2. The molecule has 112 valence electrons. The number of aromatic amines is 1. The van der Waals surface area contributed by atoms with Crippen LogP contribution in [0.15, 0.2) is 24.5 Å². The van der Waals surface area contributed by atoms with E-state index in [1.165, 1.54) is 6.33 Å². The van der Waals surface area contributed by atoms with Crippen LogP contribution < -0.4 is 5.32 Å². The van der Waals surface area contributed by atoms with Crippen molar-refractivity contribution in [1.29, 1.82) is 0 Å². The molecule has 0 fully saturated rings. The minimum absolute atomic E-state index is 0.0397. The molecule has 7 heteroatoms. The first kappa shape index (κ1) is 15.8. The summed E-state index contributed by atoms with van der Waals surface area (Å²) < 4.78 is 0. The van der Waals surface area contributed by atoms with Gasteiger partial charge in [0, 0.05) is 28.9 Å². The summed E-state index contributed by atoms with van der Waals surface area (Å²) in [5.74, 6) is 0.661. The molecule has 0 saturated heterocycles. The Balaban J connectivity index is 1.83. The molecule has 0 spiro atoms. The molecule has 5 nitrogen and oxygen atoms in total. The Morgan fingerprint density at radius 2 is 2.10 bits per heavy atom. The summed E-state index contributed by atoms with van der Waals surface area (Å²) >= 11 is 12.2. The predicted octanol–water partition coefficient (Wildman–Crippen LogP) is 2.79. The monoisotopic (exact) mass is 326 g/mol. The van der Waals surface area contributed by atoms with E-state index in [4.69, 9.17) is 23.2 Å². The standard InChI is InChI=1S/C14H16Cl2N4O/c1-9(7-10-11(15)3-2-4-12(10)16)19-14(21)6-5-13-17-8-18-20-13/h2-4,8-9H,5-7H2,1H3,(H,19,21)(H,17,18,20)/t9-/m0/s1. The Bertz CT molecular complexity index is 581. The third-order valence-corrected chi connectivity index (χ3v) is 3.74. The number of aromatic nitrogens is 3. The van der Waals surface area contributed by atoms with Crippen molar-refractivity contribution < 1.29 is 4.79 Å². The zero-order valence-electron chi connectivity index (χ0n) is 11.6. The van der Waals surface area contributed by atoms with Gasteiger partial charge in [-0.05, 0) is 31.0 Å². The summed E-state index contributed by atoms with van der Waals surface area (Å²) in [5.41, 5.74) is 0.851. The van der Waals surface area contributed by atoms with Crippen molar-refractivity contribution in [2.45, 2.75) is 32.2 Å². The molecule has 1 aromatic carbocycles. The van der Waals surface area contributed by atoms with Gasteiger partial charge in [0.05, 0.1) is 0 Å². The molecule has 0 aliphatic heterocycles. The topological polar surface area (TPSA) is 70.7 Å². The van der Waals surface area contributed by atoms with E-state index in [-0.39, 0.29) is 11.9 Å². The number of hydrogen-bond acceptors (Lipinski definition) is 3. The summed E-state index contributed by atoms with van der Waals surface area (Å²) in [4.78, 5) is 15.8. The number of hydrogen-bond donors (Lipinski definition) is 2. The van der Waals surface area contributed by atoms with Crippen LogP contribution in [0.4, 0.5) is 0 Å². The highest BCUT2D eigenvalue weighted by atomic mass is 35.5. The lowest BCUT2D eigenvalue weighted by Crippen LogP contribution is -2.34. The minimum atomic E-state index is -0.0513. The van der Waals surface area contributed by atoms with E-state index in [1.807, 2.05) is 6.92 Å². The van der Waals surface area contributed by atoms with E-state index in [9.17, 15) is 4.79 Å². The molecule has 0 bridgehead atoms. The van der Waals surface area contributed by atoms with E-state index in [0.717, 1.165) is 5.56 Å². The van der Waals surface area contributed by atoms with Crippen LogP contribution in [0.5, 0.6) is 0 Å². The smallest absolute Gasteiger partial charge is 0.220 e. The fourth-order valence-corrected chi connectivity index (χ4v) is 2.57. The second kappa shape index (κ2) is 7.43. The van der Waals surface area contributed by atoms with Gasteiger partial charge in [0.25, 0.3) is 0 Å². The zero-order chi connectivity index (χ0) is 15.2. The molecule has 0 unspecified atom stereocenters. The lowest BCUT2D eigenvalue weighted by atomic mass is 10.1. The quantitative estimate of drug-likeness (QED) is 0.857. The zero-order valence-corrected chi connectivity index (χ0v) is 13.1. The number of amides is 1. The Hall–Kier alpha value is -1.59. The molecule has 2 rings (SSSR count).